The van der Waals surface area contributed by atoms with E-state index in [0.29, 0.717) is 29.1 Å². The molecule has 0 spiro atoms. The first-order valence-electron chi connectivity index (χ1n) is 11.2. The van der Waals surface area contributed by atoms with Crippen LogP contribution in [0, 0.1) is 0 Å². The van der Waals surface area contributed by atoms with E-state index in [4.69, 9.17) is 4.74 Å². The lowest BCUT2D eigenvalue weighted by Crippen LogP contribution is -2.55. The number of aromatic hydroxyl groups is 1. The number of likely N-dealkylation sites (tertiary alicyclic amines) is 1. The van der Waals surface area contributed by atoms with Gasteiger partial charge in [0.05, 0.1) is 11.1 Å². The van der Waals surface area contributed by atoms with E-state index in [1.807, 2.05) is 29.6 Å². The molecule has 34 heavy (non-hydrogen) atoms. The van der Waals surface area contributed by atoms with Crippen molar-refractivity contribution in [1.29, 1.82) is 0 Å². The van der Waals surface area contributed by atoms with Crippen molar-refractivity contribution in [3.05, 3.63) is 83.2 Å². The third kappa shape index (κ3) is 4.22. The van der Waals surface area contributed by atoms with Gasteiger partial charge in [-0.15, -0.1) is 11.3 Å². The van der Waals surface area contributed by atoms with Crippen LogP contribution >= 0.6 is 11.3 Å². The maximum Gasteiger partial charge on any atom is 0.259 e. The second-order valence-corrected chi connectivity index (χ2v) is 9.39. The van der Waals surface area contributed by atoms with Gasteiger partial charge < -0.3 is 14.7 Å². The van der Waals surface area contributed by atoms with Crippen LogP contribution in [0.1, 0.15) is 22.3 Å². The Morgan fingerprint density at radius 3 is 2.68 bits per heavy atom. The molecule has 2 fully saturated rings. The largest absolute Gasteiger partial charge is 0.508 e. The van der Waals surface area contributed by atoms with Crippen molar-refractivity contribution >= 4 is 33.9 Å². The van der Waals surface area contributed by atoms with Crippen molar-refractivity contribution in [3.8, 4) is 5.75 Å². The molecule has 1 N–H and O–H groups in total. The van der Waals surface area contributed by atoms with Gasteiger partial charge in [0, 0.05) is 18.5 Å². The van der Waals surface area contributed by atoms with Crippen LogP contribution < -0.4 is 4.90 Å². The number of hydrogen-bond donors (Lipinski definition) is 1. The Balaban J connectivity index is 1.57. The second-order valence-electron chi connectivity index (χ2n) is 8.46. The van der Waals surface area contributed by atoms with Crippen molar-refractivity contribution < 1.29 is 24.2 Å². The van der Waals surface area contributed by atoms with Crippen molar-refractivity contribution in [3.63, 3.8) is 0 Å². The summed E-state index contributed by atoms with van der Waals surface area (Å²) in [7, 11) is 0. The van der Waals surface area contributed by atoms with Gasteiger partial charge >= 0.3 is 0 Å². The van der Waals surface area contributed by atoms with E-state index in [1.54, 1.807) is 47.4 Å². The summed E-state index contributed by atoms with van der Waals surface area (Å²) in [5.41, 5.74) is 1.18. The van der Waals surface area contributed by atoms with E-state index in [1.165, 1.54) is 16.2 Å². The van der Waals surface area contributed by atoms with Gasteiger partial charge in [-0.25, -0.2) is 0 Å². The fraction of sp³-hybridized carbons (Fsp3) is 0.269. The first kappa shape index (κ1) is 22.3. The van der Waals surface area contributed by atoms with Gasteiger partial charge in [-0.2, -0.15) is 0 Å². The molecular weight excluding hydrogens is 452 g/mol. The first-order valence-corrected chi connectivity index (χ1v) is 12.1. The number of carbonyl (C=O) groups excluding carboxylic acids is 3. The second kappa shape index (κ2) is 9.40. The molecule has 3 atom stereocenters. The molecule has 2 aromatic carbocycles. The Kier molecular flexibility index (Phi) is 6.17. The number of ketones is 1. The maximum absolute atomic E-state index is 14.1. The third-order valence-corrected chi connectivity index (χ3v) is 7.18. The zero-order chi connectivity index (χ0) is 23.7. The summed E-state index contributed by atoms with van der Waals surface area (Å²) in [6, 6.07) is 17.6. The number of thiophene rings is 1. The zero-order valence-corrected chi connectivity index (χ0v) is 19.2. The minimum atomic E-state index is -0.902. The van der Waals surface area contributed by atoms with Crippen molar-refractivity contribution in [2.45, 2.75) is 31.0 Å². The number of rotatable bonds is 6. The molecule has 7 nitrogen and oxygen atoms in total. The van der Waals surface area contributed by atoms with Crippen LogP contribution in [-0.2, 0) is 20.7 Å². The van der Waals surface area contributed by atoms with E-state index in [-0.39, 0.29) is 42.5 Å². The summed E-state index contributed by atoms with van der Waals surface area (Å²) in [5.74, 6) is -0.621. The van der Waals surface area contributed by atoms with Crippen LogP contribution in [0.3, 0.4) is 0 Å². The molecule has 8 heteroatoms. The summed E-state index contributed by atoms with van der Waals surface area (Å²) in [5, 5.41) is 12.5. The maximum atomic E-state index is 14.1. The Morgan fingerprint density at radius 1 is 1.12 bits per heavy atom. The molecule has 5 rings (SSSR count). The zero-order valence-electron chi connectivity index (χ0n) is 18.4. The van der Waals surface area contributed by atoms with E-state index in [9.17, 15) is 19.5 Å². The van der Waals surface area contributed by atoms with Gasteiger partial charge in [0.2, 0.25) is 5.91 Å². The third-order valence-electron chi connectivity index (χ3n) is 6.31. The highest BCUT2D eigenvalue weighted by Gasteiger charge is 2.49. The van der Waals surface area contributed by atoms with Gasteiger partial charge in [-0.1, -0.05) is 30.3 Å². The normalized spacial score (nSPS) is 20.2. The van der Waals surface area contributed by atoms with Crippen LogP contribution in [0.5, 0.6) is 5.75 Å². The molecule has 3 aromatic rings. The molecular formula is C26H24N2O5S. The molecule has 2 unspecified atom stereocenters. The van der Waals surface area contributed by atoms with Crippen LogP contribution in [0.4, 0.5) is 5.00 Å². The van der Waals surface area contributed by atoms with Crippen LogP contribution in [0.2, 0.25) is 0 Å². The highest BCUT2D eigenvalue weighted by atomic mass is 32.1. The van der Waals surface area contributed by atoms with Crippen LogP contribution in [-0.4, -0.2) is 58.9 Å². The molecule has 0 bridgehead atoms. The van der Waals surface area contributed by atoms with E-state index < -0.39 is 12.1 Å². The predicted molar refractivity (Wildman–Crippen MR) is 128 cm³/mol. The summed E-state index contributed by atoms with van der Waals surface area (Å²) < 4.78 is 5.58. The first-order chi connectivity index (χ1) is 16.5. The highest BCUT2D eigenvalue weighted by Crippen LogP contribution is 2.32. The number of nitrogens with zero attached hydrogens (tertiary/aromatic N) is 2. The van der Waals surface area contributed by atoms with Crippen molar-refractivity contribution in [2.75, 3.05) is 18.1 Å². The summed E-state index contributed by atoms with van der Waals surface area (Å²) in [6.45, 7) is 0.405. The number of phenolic OH excluding ortho intramolecular Hbond substituents is 1. The number of hydrogen-bond acceptors (Lipinski definition) is 6. The van der Waals surface area contributed by atoms with Gasteiger partial charge in [0.15, 0.2) is 5.78 Å². The van der Waals surface area contributed by atoms with Gasteiger partial charge in [-0.3, -0.25) is 19.3 Å². The SMILES string of the molecule is O=C1COC2CCN(C(=O)[C@H](Cc3cccc(O)c3)N(C(=O)c3ccccc3)c3cccs3)C12. The molecule has 2 saturated heterocycles. The van der Waals surface area contributed by atoms with Gasteiger partial charge in [0.25, 0.3) is 5.91 Å². The topological polar surface area (TPSA) is 87.2 Å². The fourth-order valence-electron chi connectivity index (χ4n) is 4.75. The standard InChI is InChI=1S/C26H24N2O5S/c29-19-9-4-6-17(14-19)15-20(26(32)27-12-11-22-24(27)21(30)16-33-22)28(23-10-5-13-34-23)25(31)18-7-2-1-3-8-18/h1-10,13-14,20,22,24,29H,11-12,15-16H2/t20-,22?,24?/m0/s1. The minimum Gasteiger partial charge on any atom is -0.508 e. The van der Waals surface area contributed by atoms with Gasteiger partial charge in [0.1, 0.15) is 24.4 Å². The molecule has 0 aliphatic carbocycles. The van der Waals surface area contributed by atoms with Crippen molar-refractivity contribution in [1.82, 2.24) is 4.90 Å². The molecule has 3 heterocycles. The Labute approximate surface area is 201 Å². The monoisotopic (exact) mass is 476 g/mol. The number of anilines is 1. The molecule has 174 valence electrons. The molecule has 2 aliphatic heterocycles. The average Bonchev–Trinajstić information content (AvgIpc) is 3.59. The summed E-state index contributed by atoms with van der Waals surface area (Å²) in [4.78, 5) is 43.5. The van der Waals surface area contributed by atoms with Crippen LogP contribution in [0.15, 0.2) is 72.1 Å². The lowest BCUT2D eigenvalue weighted by Gasteiger charge is -2.34. The number of amides is 2. The fourth-order valence-corrected chi connectivity index (χ4v) is 5.53. The highest BCUT2D eigenvalue weighted by molar-refractivity contribution is 7.14. The van der Waals surface area contributed by atoms with Crippen LogP contribution in [0.25, 0.3) is 0 Å². The van der Waals surface area contributed by atoms with Crippen molar-refractivity contribution in [2.24, 2.45) is 0 Å². The van der Waals surface area contributed by atoms with E-state index in [2.05, 4.69) is 0 Å². The molecule has 2 amide bonds. The Morgan fingerprint density at radius 2 is 1.94 bits per heavy atom. The molecule has 0 saturated carbocycles. The summed E-state index contributed by atoms with van der Waals surface area (Å²) >= 11 is 1.37. The lowest BCUT2D eigenvalue weighted by molar-refractivity contribution is -0.137. The predicted octanol–water partition coefficient (Wildman–Crippen LogP) is 3.28. The molecule has 1 aromatic heterocycles. The number of phenols is 1. The van der Waals surface area contributed by atoms with E-state index in [0.717, 1.165) is 0 Å². The number of benzene rings is 2. The minimum absolute atomic E-state index is 0.00786. The van der Waals surface area contributed by atoms with Gasteiger partial charge in [-0.05, 0) is 53.8 Å². The average molecular weight is 477 g/mol. The lowest BCUT2D eigenvalue weighted by atomic mass is 10.0. The molecule has 0 radical (unpaired) electrons. The Hall–Kier alpha value is -3.49. The smallest absolute Gasteiger partial charge is 0.259 e. The number of Topliss-reactive ketones (excluding diaryl/α,β-unsaturated/α-hetero) is 1. The van der Waals surface area contributed by atoms with E-state index >= 15 is 0 Å². The number of fused-ring (bicyclic) bond motifs is 1. The quantitative estimate of drug-likeness (QED) is 0.590. The number of carbonyl (C=O) groups is 3. The summed E-state index contributed by atoms with van der Waals surface area (Å²) in [6.07, 6.45) is 0.483. The molecule has 2 aliphatic rings. The Bertz CT molecular complexity index is 1200. The number of ether oxygens (including phenoxy) is 1.